The Morgan fingerprint density at radius 3 is 2.84 bits per heavy atom. The van der Waals surface area contributed by atoms with Crippen molar-refractivity contribution in [2.24, 2.45) is 5.73 Å². The molecule has 124 valence electrons. The van der Waals surface area contributed by atoms with E-state index in [1.807, 2.05) is 42.5 Å². The number of pyridine rings is 1. The Bertz CT molecular complexity index is 1100. The molecule has 5 nitrogen and oxygen atoms in total. The van der Waals surface area contributed by atoms with Crippen molar-refractivity contribution in [3.05, 3.63) is 60.3 Å². The van der Waals surface area contributed by atoms with Gasteiger partial charge in [-0.15, -0.1) is 0 Å². The van der Waals surface area contributed by atoms with Crippen molar-refractivity contribution in [2.45, 2.75) is 6.42 Å². The van der Waals surface area contributed by atoms with Crippen molar-refractivity contribution >= 4 is 27.8 Å². The van der Waals surface area contributed by atoms with Crippen LogP contribution in [0.15, 0.2) is 54.7 Å². The number of amides is 1. The fourth-order valence-electron chi connectivity index (χ4n) is 3.19. The first-order chi connectivity index (χ1) is 12.2. The predicted octanol–water partition coefficient (Wildman–Crippen LogP) is 3.42. The average Bonchev–Trinajstić information content (AvgIpc) is 3.00. The van der Waals surface area contributed by atoms with Gasteiger partial charge in [-0.05, 0) is 53.1 Å². The molecule has 0 saturated carbocycles. The first kappa shape index (κ1) is 15.2. The minimum absolute atomic E-state index is 0.168. The summed E-state index contributed by atoms with van der Waals surface area (Å²) in [6.07, 6.45) is 1.93. The van der Waals surface area contributed by atoms with Crippen molar-refractivity contribution < 1.29 is 9.53 Å². The lowest BCUT2D eigenvalue weighted by Crippen LogP contribution is -2.14. The quantitative estimate of drug-likeness (QED) is 0.601. The number of methoxy groups -OCH3 is 1. The van der Waals surface area contributed by atoms with E-state index < -0.39 is 0 Å². The van der Waals surface area contributed by atoms with Crippen LogP contribution >= 0.6 is 0 Å². The molecule has 1 amide bonds. The van der Waals surface area contributed by atoms with Crippen LogP contribution in [0, 0.1) is 0 Å². The number of aromatic nitrogens is 2. The van der Waals surface area contributed by atoms with E-state index in [4.69, 9.17) is 10.5 Å². The van der Waals surface area contributed by atoms with Gasteiger partial charge in [-0.3, -0.25) is 9.78 Å². The summed E-state index contributed by atoms with van der Waals surface area (Å²) < 4.78 is 5.32. The number of nitrogens with zero attached hydrogens (tertiary/aromatic N) is 1. The van der Waals surface area contributed by atoms with Crippen LogP contribution in [0.25, 0.3) is 33.1 Å². The molecule has 0 atom stereocenters. The van der Waals surface area contributed by atoms with Crippen LogP contribution in [-0.4, -0.2) is 23.0 Å². The SMILES string of the molecule is COc1cccc(-c2cc(CC(N)=O)c3[nH]c4cccnc4c3c2)c1. The Labute approximate surface area is 144 Å². The standard InChI is InChI=1S/C20H17N3O2/c1-25-15-5-2-4-12(9-15)13-8-14(11-18(21)24)19-16(10-13)20-17(23-19)6-3-7-22-20/h2-10,23H,11H2,1H3,(H2,21,24). The van der Waals surface area contributed by atoms with Gasteiger partial charge in [-0.25, -0.2) is 0 Å². The van der Waals surface area contributed by atoms with Crippen molar-refractivity contribution in [3.63, 3.8) is 0 Å². The third-order valence-corrected chi connectivity index (χ3v) is 4.31. The van der Waals surface area contributed by atoms with Crippen LogP contribution in [0.3, 0.4) is 0 Å². The Morgan fingerprint density at radius 1 is 1.16 bits per heavy atom. The van der Waals surface area contributed by atoms with Crippen LogP contribution in [0.1, 0.15) is 5.56 Å². The molecule has 3 N–H and O–H groups in total. The minimum atomic E-state index is -0.365. The maximum Gasteiger partial charge on any atom is 0.221 e. The monoisotopic (exact) mass is 331 g/mol. The van der Waals surface area contributed by atoms with E-state index in [-0.39, 0.29) is 12.3 Å². The Balaban J connectivity index is 2.01. The Morgan fingerprint density at radius 2 is 2.04 bits per heavy atom. The van der Waals surface area contributed by atoms with Crippen LogP contribution < -0.4 is 10.5 Å². The molecule has 25 heavy (non-hydrogen) atoms. The van der Waals surface area contributed by atoms with Gasteiger partial charge in [-0.1, -0.05) is 12.1 Å². The maximum absolute atomic E-state index is 11.5. The van der Waals surface area contributed by atoms with E-state index in [1.165, 1.54) is 0 Å². The van der Waals surface area contributed by atoms with Crippen LogP contribution in [0.5, 0.6) is 5.75 Å². The summed E-state index contributed by atoms with van der Waals surface area (Å²) in [5.41, 5.74) is 11.0. The molecule has 5 heteroatoms. The molecule has 0 bridgehead atoms. The van der Waals surface area contributed by atoms with Gasteiger partial charge in [0.2, 0.25) is 5.91 Å². The van der Waals surface area contributed by atoms with Gasteiger partial charge in [0, 0.05) is 11.6 Å². The Kier molecular flexibility index (Phi) is 3.61. The van der Waals surface area contributed by atoms with E-state index in [1.54, 1.807) is 13.3 Å². The van der Waals surface area contributed by atoms with Crippen LogP contribution in [0.2, 0.25) is 0 Å². The lowest BCUT2D eigenvalue weighted by atomic mass is 9.98. The third-order valence-electron chi connectivity index (χ3n) is 4.31. The molecule has 0 aliphatic heterocycles. The number of hydrogen-bond donors (Lipinski definition) is 2. The van der Waals surface area contributed by atoms with Crippen LogP contribution in [-0.2, 0) is 11.2 Å². The van der Waals surface area contributed by atoms with Gasteiger partial charge in [0.1, 0.15) is 5.75 Å². The zero-order valence-electron chi connectivity index (χ0n) is 13.7. The Hall–Kier alpha value is -3.34. The summed E-state index contributed by atoms with van der Waals surface area (Å²) in [6, 6.07) is 15.8. The fraction of sp³-hybridized carbons (Fsp3) is 0.100. The van der Waals surface area contributed by atoms with E-state index in [2.05, 4.69) is 16.0 Å². The lowest BCUT2D eigenvalue weighted by molar-refractivity contribution is -0.117. The van der Waals surface area contributed by atoms with Crippen molar-refractivity contribution in [3.8, 4) is 16.9 Å². The zero-order valence-corrected chi connectivity index (χ0v) is 13.7. The highest BCUT2D eigenvalue weighted by molar-refractivity contribution is 6.08. The number of ether oxygens (including phenoxy) is 1. The van der Waals surface area contributed by atoms with Gasteiger partial charge in [0.25, 0.3) is 0 Å². The van der Waals surface area contributed by atoms with Gasteiger partial charge in [0.05, 0.1) is 30.1 Å². The number of nitrogens with two attached hydrogens (primary N) is 1. The maximum atomic E-state index is 11.5. The number of aromatic amines is 1. The topological polar surface area (TPSA) is 81.0 Å². The van der Waals surface area contributed by atoms with Crippen molar-refractivity contribution in [1.82, 2.24) is 9.97 Å². The highest BCUT2D eigenvalue weighted by Crippen LogP contribution is 2.33. The molecule has 4 rings (SSSR count). The number of nitrogens with one attached hydrogen (secondary N) is 1. The molecule has 0 aliphatic rings. The number of primary amides is 1. The molecule has 0 radical (unpaired) electrons. The van der Waals surface area contributed by atoms with E-state index >= 15 is 0 Å². The second-order valence-corrected chi connectivity index (χ2v) is 5.96. The second kappa shape index (κ2) is 5.94. The number of H-pyrrole nitrogens is 1. The highest BCUT2D eigenvalue weighted by atomic mass is 16.5. The van der Waals surface area contributed by atoms with Crippen molar-refractivity contribution in [1.29, 1.82) is 0 Å². The number of carbonyl (C=O) groups is 1. The number of fused-ring (bicyclic) bond motifs is 3. The summed E-state index contributed by atoms with van der Waals surface area (Å²) in [5.74, 6) is 0.418. The minimum Gasteiger partial charge on any atom is -0.497 e. The lowest BCUT2D eigenvalue weighted by Gasteiger charge is -2.08. The van der Waals surface area contributed by atoms with E-state index in [9.17, 15) is 4.79 Å². The first-order valence-corrected chi connectivity index (χ1v) is 7.98. The largest absolute Gasteiger partial charge is 0.497 e. The summed E-state index contributed by atoms with van der Waals surface area (Å²) in [7, 11) is 1.64. The van der Waals surface area contributed by atoms with Gasteiger partial charge in [-0.2, -0.15) is 0 Å². The first-order valence-electron chi connectivity index (χ1n) is 7.98. The summed E-state index contributed by atoms with van der Waals surface area (Å²) in [6.45, 7) is 0. The molecule has 2 heterocycles. The van der Waals surface area contributed by atoms with Crippen molar-refractivity contribution in [2.75, 3.05) is 7.11 Å². The molecular weight excluding hydrogens is 314 g/mol. The average molecular weight is 331 g/mol. The molecule has 4 aromatic rings. The number of benzene rings is 2. The zero-order chi connectivity index (χ0) is 17.4. The molecule has 0 spiro atoms. The van der Waals surface area contributed by atoms with Gasteiger partial charge >= 0.3 is 0 Å². The molecule has 2 aromatic heterocycles. The molecule has 0 aliphatic carbocycles. The molecule has 0 saturated heterocycles. The normalized spacial score (nSPS) is 11.1. The smallest absolute Gasteiger partial charge is 0.221 e. The van der Waals surface area contributed by atoms with Gasteiger partial charge < -0.3 is 15.5 Å². The number of carbonyl (C=O) groups excluding carboxylic acids is 1. The summed E-state index contributed by atoms with van der Waals surface area (Å²) in [4.78, 5) is 19.4. The third kappa shape index (κ3) is 2.70. The van der Waals surface area contributed by atoms with Crippen LogP contribution in [0.4, 0.5) is 0 Å². The highest BCUT2D eigenvalue weighted by Gasteiger charge is 2.13. The van der Waals surface area contributed by atoms with E-state index in [0.717, 1.165) is 44.4 Å². The predicted molar refractivity (Wildman–Crippen MR) is 98.5 cm³/mol. The summed E-state index contributed by atoms with van der Waals surface area (Å²) in [5, 5.41) is 0.979. The molecular formula is C20H17N3O2. The van der Waals surface area contributed by atoms with E-state index in [0.29, 0.717) is 0 Å². The fourth-order valence-corrected chi connectivity index (χ4v) is 3.19. The molecule has 0 fully saturated rings. The number of rotatable bonds is 4. The summed E-state index contributed by atoms with van der Waals surface area (Å²) >= 11 is 0. The molecule has 2 aromatic carbocycles. The molecule has 0 unspecified atom stereocenters. The van der Waals surface area contributed by atoms with Gasteiger partial charge in [0.15, 0.2) is 0 Å². The second-order valence-electron chi connectivity index (χ2n) is 5.96. The number of hydrogen-bond acceptors (Lipinski definition) is 3.